The van der Waals surface area contributed by atoms with Crippen LogP contribution in [0.1, 0.15) is 27.7 Å². The molecule has 3 nitrogen and oxygen atoms in total. The van der Waals surface area contributed by atoms with Crippen LogP contribution in [-0.2, 0) is 4.79 Å². The number of hydrogen-bond acceptors (Lipinski definition) is 2. The lowest BCUT2D eigenvalue weighted by atomic mass is 9.87. The van der Waals surface area contributed by atoms with Gasteiger partial charge in [0.15, 0.2) is 0 Å². The number of carbonyl (C=O) groups is 1. The zero-order valence-electron chi connectivity index (χ0n) is 7.56. The summed E-state index contributed by atoms with van der Waals surface area (Å²) in [4.78, 5) is 10.8. The maximum Gasteiger partial charge on any atom is 0.257 e. The van der Waals surface area contributed by atoms with Crippen LogP contribution < -0.4 is 11.3 Å². The van der Waals surface area contributed by atoms with E-state index in [4.69, 9.17) is 5.84 Å². The molecular weight excluding hydrogens is 140 g/mol. The standard InChI is InChI=1S/C8H16N2O/c1-6(8(2,3)4)5-7(11)10-9/h5H,9H2,1-4H3,(H,10,11)/b6-5+. The van der Waals surface area contributed by atoms with Crippen molar-refractivity contribution < 1.29 is 4.79 Å². The molecule has 0 saturated heterocycles. The lowest BCUT2D eigenvalue weighted by Crippen LogP contribution is -2.29. The second-order valence-corrected chi connectivity index (χ2v) is 3.59. The summed E-state index contributed by atoms with van der Waals surface area (Å²) in [6.45, 7) is 8.04. The van der Waals surface area contributed by atoms with Crippen LogP contribution in [0.2, 0.25) is 0 Å². The highest BCUT2D eigenvalue weighted by molar-refractivity contribution is 5.87. The summed E-state index contributed by atoms with van der Waals surface area (Å²) >= 11 is 0. The molecule has 0 aromatic rings. The fraction of sp³-hybridized carbons (Fsp3) is 0.625. The molecule has 0 aliphatic heterocycles. The summed E-state index contributed by atoms with van der Waals surface area (Å²) in [6.07, 6.45) is 1.51. The van der Waals surface area contributed by atoms with Gasteiger partial charge in [0.1, 0.15) is 0 Å². The first-order valence-electron chi connectivity index (χ1n) is 3.57. The molecule has 0 aromatic carbocycles. The van der Waals surface area contributed by atoms with Crippen molar-refractivity contribution in [3.63, 3.8) is 0 Å². The summed E-state index contributed by atoms with van der Waals surface area (Å²) in [7, 11) is 0. The molecule has 0 aromatic heterocycles. The third-order valence-electron chi connectivity index (χ3n) is 1.67. The van der Waals surface area contributed by atoms with Crippen molar-refractivity contribution in [3.05, 3.63) is 11.6 Å². The van der Waals surface area contributed by atoms with Gasteiger partial charge in [-0.1, -0.05) is 26.3 Å². The van der Waals surface area contributed by atoms with Gasteiger partial charge in [0.05, 0.1) is 0 Å². The number of hydrazine groups is 1. The Bertz CT molecular complexity index is 177. The van der Waals surface area contributed by atoms with E-state index < -0.39 is 0 Å². The van der Waals surface area contributed by atoms with E-state index in [0.29, 0.717) is 0 Å². The van der Waals surface area contributed by atoms with Gasteiger partial charge in [-0.3, -0.25) is 10.2 Å². The Labute approximate surface area is 67.6 Å². The molecule has 0 saturated carbocycles. The fourth-order valence-electron chi connectivity index (χ4n) is 0.455. The second-order valence-electron chi connectivity index (χ2n) is 3.59. The first-order chi connectivity index (χ1) is 4.88. The van der Waals surface area contributed by atoms with E-state index in [0.717, 1.165) is 5.57 Å². The van der Waals surface area contributed by atoms with E-state index in [9.17, 15) is 4.79 Å². The molecule has 1 amide bonds. The van der Waals surface area contributed by atoms with E-state index >= 15 is 0 Å². The lowest BCUT2D eigenvalue weighted by Gasteiger charge is -2.18. The number of nitrogens with one attached hydrogen (secondary N) is 1. The van der Waals surface area contributed by atoms with Gasteiger partial charge >= 0.3 is 0 Å². The number of allylic oxidation sites excluding steroid dienone is 1. The SMILES string of the molecule is C/C(=C\C(=O)NN)C(C)(C)C. The first-order valence-corrected chi connectivity index (χ1v) is 3.57. The normalized spacial score (nSPS) is 13.0. The average molecular weight is 156 g/mol. The van der Waals surface area contributed by atoms with Gasteiger partial charge in [-0.05, 0) is 12.3 Å². The fourth-order valence-corrected chi connectivity index (χ4v) is 0.455. The van der Waals surface area contributed by atoms with Gasteiger partial charge in [0.25, 0.3) is 5.91 Å². The molecule has 3 heteroatoms. The minimum Gasteiger partial charge on any atom is -0.291 e. The Hall–Kier alpha value is -0.830. The van der Waals surface area contributed by atoms with Crippen molar-refractivity contribution in [2.45, 2.75) is 27.7 Å². The molecule has 0 bridgehead atoms. The molecular formula is C8H16N2O. The largest absolute Gasteiger partial charge is 0.291 e. The van der Waals surface area contributed by atoms with Crippen LogP contribution in [0.15, 0.2) is 11.6 Å². The highest BCUT2D eigenvalue weighted by Gasteiger charge is 2.12. The Kier molecular flexibility index (Phi) is 3.26. The van der Waals surface area contributed by atoms with Gasteiger partial charge in [0.2, 0.25) is 0 Å². The Morgan fingerprint density at radius 2 is 1.91 bits per heavy atom. The first kappa shape index (κ1) is 10.2. The number of nitrogens with two attached hydrogens (primary N) is 1. The van der Waals surface area contributed by atoms with Crippen LogP contribution in [0.25, 0.3) is 0 Å². The van der Waals surface area contributed by atoms with E-state index in [-0.39, 0.29) is 11.3 Å². The van der Waals surface area contributed by atoms with Crippen LogP contribution in [0.4, 0.5) is 0 Å². The molecule has 0 unspecified atom stereocenters. The Morgan fingerprint density at radius 1 is 1.45 bits per heavy atom. The summed E-state index contributed by atoms with van der Waals surface area (Å²) in [6, 6.07) is 0. The van der Waals surface area contributed by atoms with E-state index in [1.165, 1.54) is 6.08 Å². The lowest BCUT2D eigenvalue weighted by molar-refractivity contribution is -0.116. The van der Waals surface area contributed by atoms with Gasteiger partial charge < -0.3 is 0 Å². The van der Waals surface area contributed by atoms with Crippen LogP contribution in [0.3, 0.4) is 0 Å². The molecule has 0 aliphatic carbocycles. The van der Waals surface area contributed by atoms with Gasteiger partial charge in [-0.2, -0.15) is 0 Å². The maximum absolute atomic E-state index is 10.8. The third-order valence-corrected chi connectivity index (χ3v) is 1.67. The maximum atomic E-state index is 10.8. The van der Waals surface area contributed by atoms with E-state index in [1.807, 2.05) is 27.7 Å². The second kappa shape index (κ2) is 3.53. The quantitative estimate of drug-likeness (QED) is 0.257. The molecule has 0 radical (unpaired) electrons. The summed E-state index contributed by atoms with van der Waals surface area (Å²) < 4.78 is 0. The topological polar surface area (TPSA) is 55.1 Å². The van der Waals surface area contributed by atoms with Gasteiger partial charge in [0, 0.05) is 6.08 Å². The van der Waals surface area contributed by atoms with Crippen molar-refractivity contribution in [1.82, 2.24) is 5.43 Å². The number of carbonyl (C=O) groups excluding carboxylic acids is 1. The summed E-state index contributed by atoms with van der Waals surface area (Å²) in [5.74, 6) is 4.67. The number of hydrogen-bond donors (Lipinski definition) is 2. The molecule has 0 fully saturated rings. The highest BCUT2D eigenvalue weighted by atomic mass is 16.2. The summed E-state index contributed by atoms with van der Waals surface area (Å²) in [5.41, 5.74) is 3.10. The van der Waals surface area contributed by atoms with Crippen LogP contribution in [0.5, 0.6) is 0 Å². The predicted molar refractivity (Wildman–Crippen MR) is 45.5 cm³/mol. The van der Waals surface area contributed by atoms with E-state index in [2.05, 4.69) is 5.43 Å². The molecule has 0 rings (SSSR count). The summed E-state index contributed by atoms with van der Waals surface area (Å²) in [5, 5.41) is 0. The van der Waals surface area contributed by atoms with E-state index in [1.54, 1.807) is 0 Å². The van der Waals surface area contributed by atoms with Gasteiger partial charge in [-0.15, -0.1) is 0 Å². The predicted octanol–water partition coefficient (Wildman–Crippen LogP) is 0.969. The molecule has 0 aliphatic rings. The average Bonchev–Trinajstić information content (AvgIpc) is 1.85. The molecule has 0 spiro atoms. The molecule has 0 heterocycles. The van der Waals surface area contributed by atoms with Crippen molar-refractivity contribution in [3.8, 4) is 0 Å². The zero-order valence-corrected chi connectivity index (χ0v) is 7.56. The minimum absolute atomic E-state index is 0.0342. The van der Waals surface area contributed by atoms with Gasteiger partial charge in [-0.25, -0.2) is 5.84 Å². The van der Waals surface area contributed by atoms with Crippen molar-refractivity contribution >= 4 is 5.91 Å². The molecule has 0 atom stereocenters. The van der Waals surface area contributed by atoms with Crippen LogP contribution in [-0.4, -0.2) is 5.91 Å². The smallest absolute Gasteiger partial charge is 0.257 e. The monoisotopic (exact) mass is 156 g/mol. The van der Waals surface area contributed by atoms with Crippen molar-refractivity contribution in [2.75, 3.05) is 0 Å². The third kappa shape index (κ3) is 3.78. The zero-order chi connectivity index (χ0) is 9.07. The Balaban J connectivity index is 4.35. The van der Waals surface area contributed by atoms with Crippen molar-refractivity contribution in [1.29, 1.82) is 0 Å². The molecule has 64 valence electrons. The van der Waals surface area contributed by atoms with Crippen LogP contribution in [0, 0.1) is 5.41 Å². The highest BCUT2D eigenvalue weighted by Crippen LogP contribution is 2.23. The number of rotatable bonds is 1. The molecule has 11 heavy (non-hydrogen) atoms. The Morgan fingerprint density at radius 3 is 2.18 bits per heavy atom. The molecule has 3 N–H and O–H groups in total. The van der Waals surface area contributed by atoms with Crippen molar-refractivity contribution in [2.24, 2.45) is 11.3 Å². The van der Waals surface area contributed by atoms with Crippen LogP contribution >= 0.6 is 0 Å². The number of amides is 1. The minimum atomic E-state index is -0.252.